The summed E-state index contributed by atoms with van der Waals surface area (Å²) in [5.41, 5.74) is 1.98. The molecule has 0 atom stereocenters. The van der Waals surface area contributed by atoms with Gasteiger partial charge in [0, 0.05) is 16.1 Å². The molecule has 2 aromatic carbocycles. The zero-order chi connectivity index (χ0) is 13.8. The first-order chi connectivity index (χ1) is 9.08. The first-order valence-corrected chi connectivity index (χ1v) is 6.05. The maximum Gasteiger partial charge on any atom is 0.311 e. The molecule has 19 heavy (non-hydrogen) atoms. The number of ketones is 1. The van der Waals surface area contributed by atoms with Crippen molar-refractivity contribution in [2.45, 2.75) is 6.42 Å². The van der Waals surface area contributed by atoms with Crippen molar-refractivity contribution in [1.82, 2.24) is 0 Å². The molecular weight excluding hydrogens is 264 g/mol. The highest BCUT2D eigenvalue weighted by Gasteiger charge is 2.12. The van der Waals surface area contributed by atoms with Gasteiger partial charge in [-0.15, -0.1) is 0 Å². The minimum atomic E-state index is -1.13. The number of hydrogen-bond donors (Lipinski definition) is 1. The second-order valence-corrected chi connectivity index (χ2v) is 4.46. The number of carbonyl (C=O) groups excluding carboxylic acids is 1. The molecule has 0 fully saturated rings. The van der Waals surface area contributed by atoms with Crippen LogP contribution < -0.4 is 0 Å². The number of carboxylic acids is 1. The number of halogens is 1. The third kappa shape index (κ3) is 3.20. The quantitative estimate of drug-likeness (QED) is 0.684. The molecule has 1 N–H and O–H groups in total. The minimum absolute atomic E-state index is 0.375. The molecule has 96 valence electrons. The van der Waals surface area contributed by atoms with Gasteiger partial charge in [0.05, 0.1) is 0 Å². The number of rotatable bonds is 4. The van der Waals surface area contributed by atoms with Crippen LogP contribution in [0.1, 0.15) is 16.8 Å². The highest BCUT2D eigenvalue weighted by atomic mass is 35.5. The van der Waals surface area contributed by atoms with Crippen molar-refractivity contribution < 1.29 is 14.7 Å². The van der Waals surface area contributed by atoms with E-state index in [1.165, 1.54) is 0 Å². The number of carboxylic acid groups (broad SMARTS) is 1. The van der Waals surface area contributed by atoms with Crippen LogP contribution in [0, 0.1) is 0 Å². The lowest BCUT2D eigenvalue weighted by Gasteiger charge is -2.06. The Labute approximate surface area is 115 Å². The standard InChI is InChI=1S/C15H11ClO3/c16-13-7-2-1-6-12(13)10-4-3-5-11(8-10)14(17)9-15(18)19/h1-8H,9H2,(H,18,19). The smallest absolute Gasteiger partial charge is 0.311 e. The Balaban J connectivity index is 2.37. The van der Waals surface area contributed by atoms with Crippen LogP contribution in [-0.4, -0.2) is 16.9 Å². The van der Waals surface area contributed by atoms with Crippen LogP contribution in [0.25, 0.3) is 11.1 Å². The predicted molar refractivity (Wildman–Crippen MR) is 73.5 cm³/mol. The molecule has 0 aromatic heterocycles. The van der Waals surface area contributed by atoms with Gasteiger partial charge in [0.1, 0.15) is 6.42 Å². The highest BCUT2D eigenvalue weighted by Crippen LogP contribution is 2.28. The number of benzene rings is 2. The Bertz CT molecular complexity index is 635. The summed E-state index contributed by atoms with van der Waals surface area (Å²) in [5, 5.41) is 9.22. The Morgan fingerprint density at radius 1 is 1.05 bits per heavy atom. The average Bonchev–Trinajstić information content (AvgIpc) is 2.38. The molecule has 0 aliphatic rings. The van der Waals surface area contributed by atoms with Gasteiger partial charge in [0.15, 0.2) is 5.78 Å². The van der Waals surface area contributed by atoms with Gasteiger partial charge in [0.25, 0.3) is 0 Å². The number of hydrogen-bond acceptors (Lipinski definition) is 2. The summed E-state index contributed by atoms with van der Waals surface area (Å²) in [6.07, 6.45) is -0.508. The Morgan fingerprint density at radius 2 is 1.79 bits per heavy atom. The molecule has 0 spiro atoms. The molecule has 0 unspecified atom stereocenters. The Hall–Kier alpha value is -2.13. The second-order valence-electron chi connectivity index (χ2n) is 4.05. The van der Waals surface area contributed by atoms with Crippen LogP contribution in [0.5, 0.6) is 0 Å². The summed E-state index contributed by atoms with van der Waals surface area (Å²) < 4.78 is 0. The molecule has 0 saturated heterocycles. The fourth-order valence-corrected chi connectivity index (χ4v) is 2.04. The van der Waals surface area contributed by atoms with Crippen molar-refractivity contribution in [2.24, 2.45) is 0 Å². The van der Waals surface area contributed by atoms with Gasteiger partial charge in [0.2, 0.25) is 0 Å². The van der Waals surface area contributed by atoms with Crippen LogP contribution in [0.2, 0.25) is 5.02 Å². The van der Waals surface area contributed by atoms with Crippen LogP contribution in [-0.2, 0) is 4.79 Å². The summed E-state index contributed by atoms with van der Waals surface area (Å²) in [6.45, 7) is 0. The van der Waals surface area contributed by atoms with E-state index < -0.39 is 18.2 Å². The van der Waals surface area contributed by atoms with Gasteiger partial charge >= 0.3 is 5.97 Å². The van der Waals surface area contributed by atoms with E-state index in [1.807, 2.05) is 24.3 Å². The van der Waals surface area contributed by atoms with Crippen LogP contribution in [0.3, 0.4) is 0 Å². The normalized spacial score (nSPS) is 10.2. The van der Waals surface area contributed by atoms with Crippen LogP contribution in [0.4, 0.5) is 0 Å². The topological polar surface area (TPSA) is 54.4 Å². The molecule has 0 bridgehead atoms. The lowest BCUT2D eigenvalue weighted by molar-refractivity contribution is -0.135. The van der Waals surface area contributed by atoms with E-state index in [0.29, 0.717) is 10.6 Å². The minimum Gasteiger partial charge on any atom is -0.481 e. The maximum absolute atomic E-state index is 11.7. The summed E-state index contributed by atoms with van der Waals surface area (Å²) in [4.78, 5) is 22.3. The predicted octanol–water partition coefficient (Wildman–Crippen LogP) is 3.66. The highest BCUT2D eigenvalue weighted by molar-refractivity contribution is 6.33. The van der Waals surface area contributed by atoms with E-state index in [-0.39, 0.29) is 0 Å². The maximum atomic E-state index is 11.7. The molecular formula is C15H11ClO3. The molecule has 0 aliphatic carbocycles. The van der Waals surface area contributed by atoms with Crippen molar-refractivity contribution in [2.75, 3.05) is 0 Å². The summed E-state index contributed by atoms with van der Waals surface area (Å²) in [7, 11) is 0. The molecule has 0 saturated carbocycles. The third-order valence-electron chi connectivity index (χ3n) is 2.68. The van der Waals surface area contributed by atoms with Gasteiger partial charge in [-0.05, 0) is 17.7 Å². The van der Waals surface area contributed by atoms with Gasteiger partial charge in [-0.3, -0.25) is 9.59 Å². The van der Waals surface area contributed by atoms with E-state index in [9.17, 15) is 9.59 Å². The Morgan fingerprint density at radius 3 is 2.47 bits per heavy atom. The second kappa shape index (κ2) is 5.67. The average molecular weight is 275 g/mol. The number of Topliss-reactive ketones (excluding diaryl/α,β-unsaturated/α-hetero) is 1. The molecule has 4 heteroatoms. The SMILES string of the molecule is O=C(O)CC(=O)c1cccc(-c2ccccc2Cl)c1. The Kier molecular flexibility index (Phi) is 3.97. The molecule has 0 amide bonds. The van der Waals surface area contributed by atoms with Gasteiger partial charge in [-0.2, -0.15) is 0 Å². The van der Waals surface area contributed by atoms with Crippen LogP contribution >= 0.6 is 11.6 Å². The summed E-state index contributed by atoms with van der Waals surface area (Å²) in [5.74, 6) is -1.55. The van der Waals surface area contributed by atoms with E-state index in [2.05, 4.69) is 0 Å². The molecule has 0 heterocycles. The molecule has 2 aromatic rings. The van der Waals surface area contributed by atoms with E-state index in [4.69, 9.17) is 16.7 Å². The first-order valence-electron chi connectivity index (χ1n) is 5.68. The number of aliphatic carboxylic acids is 1. The largest absolute Gasteiger partial charge is 0.481 e. The molecule has 3 nitrogen and oxygen atoms in total. The fraction of sp³-hybridized carbons (Fsp3) is 0.0667. The summed E-state index contributed by atoms with van der Waals surface area (Å²) in [6, 6.07) is 14.1. The van der Waals surface area contributed by atoms with Crippen molar-refractivity contribution in [3.63, 3.8) is 0 Å². The monoisotopic (exact) mass is 274 g/mol. The van der Waals surface area contributed by atoms with Crippen LogP contribution in [0.15, 0.2) is 48.5 Å². The number of carbonyl (C=O) groups is 2. The van der Waals surface area contributed by atoms with Crippen molar-refractivity contribution >= 4 is 23.4 Å². The molecule has 0 radical (unpaired) electrons. The van der Waals surface area contributed by atoms with E-state index in [0.717, 1.165) is 11.1 Å². The lowest BCUT2D eigenvalue weighted by atomic mass is 10.0. The molecule has 0 aliphatic heterocycles. The first kappa shape index (κ1) is 13.3. The van der Waals surface area contributed by atoms with Gasteiger partial charge in [-0.25, -0.2) is 0 Å². The van der Waals surface area contributed by atoms with E-state index in [1.54, 1.807) is 24.3 Å². The van der Waals surface area contributed by atoms with Crippen molar-refractivity contribution in [3.05, 3.63) is 59.1 Å². The van der Waals surface area contributed by atoms with Crippen molar-refractivity contribution in [1.29, 1.82) is 0 Å². The molecule has 2 rings (SSSR count). The summed E-state index contributed by atoms with van der Waals surface area (Å²) >= 11 is 6.10. The van der Waals surface area contributed by atoms with E-state index >= 15 is 0 Å². The van der Waals surface area contributed by atoms with Gasteiger partial charge < -0.3 is 5.11 Å². The third-order valence-corrected chi connectivity index (χ3v) is 3.01. The fourth-order valence-electron chi connectivity index (χ4n) is 1.79. The lowest BCUT2D eigenvalue weighted by Crippen LogP contribution is -2.06. The zero-order valence-electron chi connectivity index (χ0n) is 9.97. The van der Waals surface area contributed by atoms with Gasteiger partial charge in [-0.1, -0.05) is 48.0 Å². The van der Waals surface area contributed by atoms with Crippen molar-refractivity contribution in [3.8, 4) is 11.1 Å². The zero-order valence-corrected chi connectivity index (χ0v) is 10.7.